The van der Waals surface area contributed by atoms with E-state index in [2.05, 4.69) is 49.1 Å². The van der Waals surface area contributed by atoms with Crippen molar-refractivity contribution in [3.8, 4) is 28.8 Å². The highest BCUT2D eigenvalue weighted by Crippen LogP contribution is 2.37. The zero-order valence-electron chi connectivity index (χ0n) is 26.0. The lowest BCUT2D eigenvalue weighted by atomic mass is 9.87. The maximum Gasteiger partial charge on any atom is 0.212 e. The molecule has 1 spiro atoms. The van der Waals surface area contributed by atoms with Gasteiger partial charge in [0.05, 0.1) is 43.8 Å². The fourth-order valence-corrected chi connectivity index (χ4v) is 7.37. The van der Waals surface area contributed by atoms with Crippen molar-refractivity contribution in [1.29, 1.82) is 5.26 Å². The fraction of sp³-hybridized carbons (Fsp3) is 0.471. The van der Waals surface area contributed by atoms with Gasteiger partial charge >= 0.3 is 0 Å². The molecule has 9 heterocycles. The number of pyridine rings is 3. The number of rotatable bonds is 9. The van der Waals surface area contributed by atoms with E-state index in [1.165, 1.54) is 12.0 Å². The second kappa shape index (κ2) is 12.1. The molecule has 5 aliphatic heterocycles. The molecule has 0 N–H and O–H groups in total. The van der Waals surface area contributed by atoms with Gasteiger partial charge in [-0.3, -0.25) is 9.80 Å². The normalized spacial score (nSPS) is 22.6. The summed E-state index contributed by atoms with van der Waals surface area (Å²) in [6.45, 7) is 7.38. The molecule has 238 valence electrons. The van der Waals surface area contributed by atoms with Crippen molar-refractivity contribution in [1.82, 2.24) is 29.4 Å². The third-order valence-electron chi connectivity index (χ3n) is 9.91. The average molecular weight is 623 g/mol. The van der Waals surface area contributed by atoms with Crippen LogP contribution < -0.4 is 14.4 Å². The van der Waals surface area contributed by atoms with E-state index in [4.69, 9.17) is 23.9 Å². The van der Waals surface area contributed by atoms with E-state index in [9.17, 15) is 5.26 Å². The molecule has 0 aliphatic carbocycles. The molecule has 5 aliphatic rings. The first-order valence-electron chi connectivity index (χ1n) is 16.1. The zero-order valence-corrected chi connectivity index (χ0v) is 26.0. The van der Waals surface area contributed by atoms with E-state index in [0.29, 0.717) is 49.1 Å². The Balaban J connectivity index is 0.929. The Hall–Kier alpha value is -4.28. The molecule has 5 saturated heterocycles. The smallest absolute Gasteiger partial charge is 0.212 e. The average Bonchev–Trinajstić information content (AvgIpc) is 3.75. The summed E-state index contributed by atoms with van der Waals surface area (Å²) in [5.41, 5.74) is 4.28. The van der Waals surface area contributed by atoms with Crippen molar-refractivity contribution in [2.75, 3.05) is 64.6 Å². The Morgan fingerprint density at radius 3 is 2.54 bits per heavy atom. The van der Waals surface area contributed by atoms with Crippen LogP contribution in [0.4, 0.5) is 5.82 Å². The van der Waals surface area contributed by atoms with Gasteiger partial charge in [0, 0.05) is 93.8 Å². The first-order chi connectivity index (χ1) is 22.6. The van der Waals surface area contributed by atoms with Gasteiger partial charge in [0.25, 0.3) is 0 Å². The molecule has 0 saturated carbocycles. The fourth-order valence-electron chi connectivity index (χ4n) is 7.37. The number of piperidine rings is 2. The molecule has 12 nitrogen and oxygen atoms in total. The Morgan fingerprint density at radius 1 is 1.02 bits per heavy atom. The SMILES string of the molecule is COc1ccc(CN2C3CC2CN(c2ccc(-c4cc(OCCN5CCC6(CC5)OCCO6)cn5ncc(C#N)c45)cn2)C3)cn1. The Kier molecular flexibility index (Phi) is 7.70. The third-order valence-corrected chi connectivity index (χ3v) is 9.91. The molecule has 46 heavy (non-hydrogen) atoms. The highest BCUT2D eigenvalue weighted by atomic mass is 16.7. The molecular formula is C34H38N8O4. The summed E-state index contributed by atoms with van der Waals surface area (Å²) in [5.74, 6) is 1.95. The number of methoxy groups -OCH3 is 1. The number of likely N-dealkylation sites (tertiary alicyclic amines) is 1. The number of anilines is 1. The van der Waals surface area contributed by atoms with Crippen LogP contribution in [0.3, 0.4) is 0 Å². The van der Waals surface area contributed by atoms with Crippen LogP contribution in [0, 0.1) is 11.3 Å². The summed E-state index contributed by atoms with van der Waals surface area (Å²) in [4.78, 5) is 16.6. The van der Waals surface area contributed by atoms with Crippen molar-refractivity contribution < 1.29 is 18.9 Å². The van der Waals surface area contributed by atoms with Crippen LogP contribution in [0.2, 0.25) is 0 Å². The zero-order chi connectivity index (χ0) is 31.1. The van der Waals surface area contributed by atoms with E-state index < -0.39 is 0 Å². The topological polar surface area (TPSA) is 114 Å². The highest BCUT2D eigenvalue weighted by molar-refractivity contribution is 5.85. The number of aromatic nitrogens is 4. The van der Waals surface area contributed by atoms with Crippen LogP contribution in [0.15, 0.2) is 55.1 Å². The van der Waals surface area contributed by atoms with Crippen molar-refractivity contribution in [3.63, 3.8) is 0 Å². The van der Waals surface area contributed by atoms with E-state index in [1.54, 1.807) is 17.8 Å². The first-order valence-corrected chi connectivity index (χ1v) is 16.1. The number of fused-ring (bicyclic) bond motifs is 3. The van der Waals surface area contributed by atoms with Crippen LogP contribution in [-0.4, -0.2) is 107 Å². The second-order valence-electron chi connectivity index (χ2n) is 12.6. The summed E-state index contributed by atoms with van der Waals surface area (Å²) < 4.78 is 24.9. The number of ether oxygens (including phenoxy) is 4. The van der Waals surface area contributed by atoms with E-state index in [1.807, 2.05) is 30.7 Å². The summed E-state index contributed by atoms with van der Waals surface area (Å²) in [7, 11) is 1.64. The van der Waals surface area contributed by atoms with Gasteiger partial charge in [-0.1, -0.05) is 6.07 Å². The van der Waals surface area contributed by atoms with Gasteiger partial charge < -0.3 is 23.8 Å². The molecule has 2 bridgehead atoms. The predicted molar refractivity (Wildman–Crippen MR) is 170 cm³/mol. The molecule has 2 atom stereocenters. The largest absolute Gasteiger partial charge is 0.491 e. The maximum atomic E-state index is 9.82. The van der Waals surface area contributed by atoms with Crippen LogP contribution in [0.1, 0.15) is 30.4 Å². The second-order valence-corrected chi connectivity index (χ2v) is 12.6. The molecule has 0 radical (unpaired) electrons. The Labute approximate surface area is 268 Å². The third kappa shape index (κ3) is 5.54. The number of hydrogen-bond acceptors (Lipinski definition) is 11. The van der Waals surface area contributed by atoms with Crippen molar-refractivity contribution in [2.24, 2.45) is 0 Å². The number of nitriles is 1. The summed E-state index contributed by atoms with van der Waals surface area (Å²) >= 11 is 0. The van der Waals surface area contributed by atoms with Crippen LogP contribution >= 0.6 is 0 Å². The van der Waals surface area contributed by atoms with Crippen molar-refractivity contribution >= 4 is 11.3 Å². The molecule has 2 unspecified atom stereocenters. The van der Waals surface area contributed by atoms with Crippen LogP contribution in [0.5, 0.6) is 11.6 Å². The van der Waals surface area contributed by atoms with Gasteiger partial charge in [0.15, 0.2) is 5.79 Å². The Bertz CT molecular complexity index is 1710. The maximum absolute atomic E-state index is 9.82. The predicted octanol–water partition coefficient (Wildman–Crippen LogP) is 3.35. The molecule has 4 aromatic rings. The molecule has 4 aromatic heterocycles. The first kappa shape index (κ1) is 29.1. The van der Waals surface area contributed by atoms with Gasteiger partial charge in [-0.15, -0.1) is 0 Å². The van der Waals surface area contributed by atoms with Gasteiger partial charge in [-0.05, 0) is 30.2 Å². The standard InChI is InChI=1S/C34H38N8O4/c1-43-32-5-2-24(17-37-32)20-41-27-14-28(41)22-40(21-27)31-4-3-25(18-36-31)30-15-29(23-42-33(30)26(16-35)19-38-42)44-11-10-39-8-6-34(7-9-39)45-12-13-46-34/h2-5,15,17-19,23,27-28H,6-14,20-22H2,1H3. The minimum atomic E-state index is -0.371. The lowest BCUT2D eigenvalue weighted by Crippen LogP contribution is -2.68. The van der Waals surface area contributed by atoms with Crippen molar-refractivity contribution in [3.05, 3.63) is 66.2 Å². The highest BCUT2D eigenvalue weighted by Gasteiger charge is 2.44. The molecule has 9 rings (SSSR count). The molecular weight excluding hydrogens is 584 g/mol. The van der Waals surface area contributed by atoms with E-state index in [0.717, 1.165) is 74.6 Å². The van der Waals surface area contributed by atoms with Gasteiger partial charge in [-0.25, -0.2) is 14.5 Å². The summed E-state index contributed by atoms with van der Waals surface area (Å²) in [5, 5.41) is 14.3. The van der Waals surface area contributed by atoms with Gasteiger partial charge in [0.1, 0.15) is 24.2 Å². The molecule has 12 heteroatoms. The number of nitrogens with zero attached hydrogens (tertiary/aromatic N) is 8. The lowest BCUT2D eigenvalue weighted by molar-refractivity contribution is -0.185. The molecule has 0 amide bonds. The van der Waals surface area contributed by atoms with Crippen molar-refractivity contribution in [2.45, 2.75) is 43.7 Å². The number of piperazine rings is 1. The van der Waals surface area contributed by atoms with Crippen LogP contribution in [-0.2, 0) is 16.0 Å². The minimum absolute atomic E-state index is 0.371. The van der Waals surface area contributed by atoms with E-state index >= 15 is 0 Å². The quantitative estimate of drug-likeness (QED) is 0.274. The minimum Gasteiger partial charge on any atom is -0.491 e. The van der Waals surface area contributed by atoms with Crippen LogP contribution in [0.25, 0.3) is 16.6 Å². The molecule has 0 aromatic carbocycles. The lowest BCUT2D eigenvalue weighted by Gasteiger charge is -2.56. The summed E-state index contributed by atoms with van der Waals surface area (Å²) in [6, 6.07) is 13.5. The van der Waals surface area contributed by atoms with Gasteiger partial charge in [-0.2, -0.15) is 10.4 Å². The van der Waals surface area contributed by atoms with E-state index in [-0.39, 0.29) is 5.79 Å². The summed E-state index contributed by atoms with van der Waals surface area (Å²) in [6.07, 6.45) is 10.2. The monoisotopic (exact) mass is 622 g/mol. The molecule has 5 fully saturated rings. The number of hydrogen-bond donors (Lipinski definition) is 0. The van der Waals surface area contributed by atoms with Gasteiger partial charge in [0.2, 0.25) is 5.88 Å². The Morgan fingerprint density at radius 2 is 1.85 bits per heavy atom.